The van der Waals surface area contributed by atoms with Gasteiger partial charge in [-0.2, -0.15) is 0 Å². The van der Waals surface area contributed by atoms with Gasteiger partial charge in [-0.05, 0) is 19.9 Å². The summed E-state index contributed by atoms with van der Waals surface area (Å²) in [6.07, 6.45) is 2.56. The van der Waals surface area contributed by atoms with E-state index in [4.69, 9.17) is 4.52 Å². The van der Waals surface area contributed by atoms with Crippen LogP contribution < -0.4 is 5.32 Å². The van der Waals surface area contributed by atoms with E-state index < -0.39 is 0 Å². The Morgan fingerprint density at radius 3 is 3.07 bits per heavy atom. The molecule has 1 aliphatic rings. The predicted molar refractivity (Wildman–Crippen MR) is 54.6 cm³/mol. The lowest BCUT2D eigenvalue weighted by Gasteiger charge is -2.22. The minimum absolute atomic E-state index is 0.0845. The first-order valence-electron chi connectivity index (χ1n) is 5.09. The fourth-order valence-electron chi connectivity index (χ4n) is 1.79. The van der Waals surface area contributed by atoms with Crippen LogP contribution in [-0.2, 0) is 0 Å². The number of aryl methyl sites for hydroxylation is 1. The highest BCUT2D eigenvalue weighted by atomic mass is 16.5. The van der Waals surface area contributed by atoms with Crippen LogP contribution in [-0.4, -0.2) is 42.1 Å². The third-order valence-corrected chi connectivity index (χ3v) is 2.85. The van der Waals surface area contributed by atoms with Crippen LogP contribution in [0.1, 0.15) is 22.5 Å². The van der Waals surface area contributed by atoms with Gasteiger partial charge >= 0.3 is 0 Å². The molecule has 0 aromatic carbocycles. The van der Waals surface area contributed by atoms with Crippen molar-refractivity contribution in [2.45, 2.75) is 19.4 Å². The van der Waals surface area contributed by atoms with E-state index in [0.29, 0.717) is 5.76 Å². The molecule has 1 N–H and O–H groups in total. The Morgan fingerprint density at radius 1 is 1.73 bits per heavy atom. The van der Waals surface area contributed by atoms with Crippen molar-refractivity contribution in [3.63, 3.8) is 0 Å². The Bertz CT molecular complexity index is 355. The molecule has 5 heteroatoms. The molecule has 0 aliphatic carbocycles. The molecule has 5 nitrogen and oxygen atoms in total. The highest BCUT2D eigenvalue weighted by Crippen LogP contribution is 2.13. The summed E-state index contributed by atoms with van der Waals surface area (Å²) in [6, 6.07) is 0.266. The van der Waals surface area contributed by atoms with Crippen molar-refractivity contribution in [2.75, 3.05) is 20.1 Å². The standard InChI is InChI=1S/C10H15N3O2/c1-7-5-12-15-9(7)10(14)13(2)8-3-4-11-6-8/h5,8,11H,3-4,6H2,1-2H3. The van der Waals surface area contributed by atoms with Crippen LogP contribution in [0.4, 0.5) is 0 Å². The highest BCUT2D eigenvalue weighted by molar-refractivity contribution is 5.92. The van der Waals surface area contributed by atoms with Gasteiger partial charge in [0, 0.05) is 25.2 Å². The third-order valence-electron chi connectivity index (χ3n) is 2.85. The molecule has 1 atom stereocenters. The van der Waals surface area contributed by atoms with Gasteiger partial charge in [-0.1, -0.05) is 5.16 Å². The SMILES string of the molecule is Cc1cnoc1C(=O)N(C)C1CCNC1. The van der Waals surface area contributed by atoms with Gasteiger partial charge in [0.25, 0.3) is 5.91 Å². The molecular formula is C10H15N3O2. The molecule has 0 spiro atoms. The highest BCUT2D eigenvalue weighted by Gasteiger charge is 2.26. The number of likely N-dealkylation sites (N-methyl/N-ethyl adjacent to an activating group) is 1. The summed E-state index contributed by atoms with van der Waals surface area (Å²) in [5.41, 5.74) is 0.790. The van der Waals surface area contributed by atoms with Crippen LogP contribution in [0.25, 0.3) is 0 Å². The number of amides is 1. The van der Waals surface area contributed by atoms with Gasteiger partial charge in [-0.3, -0.25) is 4.79 Å². The second-order valence-corrected chi connectivity index (χ2v) is 3.90. The van der Waals surface area contributed by atoms with E-state index in [-0.39, 0.29) is 11.9 Å². The van der Waals surface area contributed by atoms with Gasteiger partial charge < -0.3 is 14.7 Å². The molecular weight excluding hydrogens is 194 g/mol. The lowest BCUT2D eigenvalue weighted by Crippen LogP contribution is -2.38. The minimum atomic E-state index is -0.0845. The average molecular weight is 209 g/mol. The first kappa shape index (κ1) is 10.2. The Kier molecular flexibility index (Phi) is 2.73. The normalized spacial score (nSPS) is 20.5. The summed E-state index contributed by atoms with van der Waals surface area (Å²) in [5.74, 6) is 0.267. The van der Waals surface area contributed by atoms with E-state index in [0.717, 1.165) is 25.1 Å². The Balaban J connectivity index is 2.10. The molecule has 1 aromatic rings. The van der Waals surface area contributed by atoms with E-state index >= 15 is 0 Å². The maximum atomic E-state index is 12.0. The Hall–Kier alpha value is -1.36. The first-order valence-corrected chi connectivity index (χ1v) is 5.09. The number of nitrogens with zero attached hydrogens (tertiary/aromatic N) is 2. The summed E-state index contributed by atoms with van der Waals surface area (Å²) in [7, 11) is 1.81. The first-order chi connectivity index (χ1) is 7.20. The third kappa shape index (κ3) is 1.87. The van der Waals surface area contributed by atoms with Crippen LogP contribution in [0.5, 0.6) is 0 Å². The van der Waals surface area contributed by atoms with E-state index in [1.165, 1.54) is 0 Å². The second-order valence-electron chi connectivity index (χ2n) is 3.90. The maximum Gasteiger partial charge on any atom is 0.292 e. The van der Waals surface area contributed by atoms with Crippen LogP contribution in [0, 0.1) is 6.92 Å². The molecule has 0 saturated carbocycles. The molecule has 82 valence electrons. The number of aromatic nitrogens is 1. The summed E-state index contributed by atoms with van der Waals surface area (Å²) in [6.45, 7) is 3.65. The average Bonchev–Trinajstić information content (AvgIpc) is 2.85. The largest absolute Gasteiger partial charge is 0.351 e. The zero-order chi connectivity index (χ0) is 10.8. The van der Waals surface area contributed by atoms with Gasteiger partial charge in [0.2, 0.25) is 5.76 Å². The molecule has 2 rings (SSSR count). The fourth-order valence-corrected chi connectivity index (χ4v) is 1.79. The molecule has 1 amide bonds. The van der Waals surface area contributed by atoms with Crippen molar-refractivity contribution in [1.29, 1.82) is 0 Å². The molecule has 1 aliphatic heterocycles. The lowest BCUT2D eigenvalue weighted by molar-refractivity contribution is 0.0700. The number of nitrogens with one attached hydrogen (secondary N) is 1. The summed E-state index contributed by atoms with van der Waals surface area (Å²) < 4.78 is 4.95. The molecule has 1 fully saturated rings. The summed E-state index contributed by atoms with van der Waals surface area (Å²) in [5, 5.41) is 6.84. The van der Waals surface area contributed by atoms with E-state index in [1.54, 1.807) is 11.1 Å². The smallest absolute Gasteiger partial charge is 0.292 e. The number of hydrogen-bond acceptors (Lipinski definition) is 4. The van der Waals surface area contributed by atoms with Gasteiger partial charge in [0.05, 0.1) is 6.20 Å². The number of hydrogen-bond donors (Lipinski definition) is 1. The second kappa shape index (κ2) is 4.02. The number of carbonyl (C=O) groups excluding carboxylic acids is 1. The fraction of sp³-hybridized carbons (Fsp3) is 0.600. The monoisotopic (exact) mass is 209 g/mol. The van der Waals surface area contributed by atoms with Crippen LogP contribution in [0.3, 0.4) is 0 Å². The summed E-state index contributed by atoms with van der Waals surface area (Å²) in [4.78, 5) is 13.7. The Morgan fingerprint density at radius 2 is 2.53 bits per heavy atom. The maximum absolute atomic E-state index is 12.0. The van der Waals surface area contributed by atoms with E-state index in [1.807, 2.05) is 14.0 Å². The van der Waals surface area contributed by atoms with Gasteiger partial charge in [-0.15, -0.1) is 0 Å². The van der Waals surface area contributed by atoms with Crippen molar-refractivity contribution in [3.05, 3.63) is 17.5 Å². The van der Waals surface area contributed by atoms with Crippen molar-refractivity contribution in [2.24, 2.45) is 0 Å². The van der Waals surface area contributed by atoms with Gasteiger partial charge in [0.1, 0.15) is 0 Å². The molecule has 2 heterocycles. The zero-order valence-corrected chi connectivity index (χ0v) is 8.99. The number of rotatable bonds is 2. The van der Waals surface area contributed by atoms with E-state index in [2.05, 4.69) is 10.5 Å². The molecule has 15 heavy (non-hydrogen) atoms. The van der Waals surface area contributed by atoms with Crippen LogP contribution in [0.2, 0.25) is 0 Å². The van der Waals surface area contributed by atoms with Crippen molar-refractivity contribution in [1.82, 2.24) is 15.4 Å². The van der Waals surface area contributed by atoms with Crippen molar-refractivity contribution >= 4 is 5.91 Å². The van der Waals surface area contributed by atoms with Crippen LogP contribution in [0.15, 0.2) is 10.7 Å². The number of carbonyl (C=O) groups is 1. The zero-order valence-electron chi connectivity index (χ0n) is 8.99. The molecule has 1 saturated heterocycles. The minimum Gasteiger partial charge on any atom is -0.351 e. The van der Waals surface area contributed by atoms with E-state index in [9.17, 15) is 4.79 Å². The van der Waals surface area contributed by atoms with Crippen LogP contribution >= 0.6 is 0 Å². The molecule has 0 radical (unpaired) electrons. The van der Waals surface area contributed by atoms with Gasteiger partial charge in [0.15, 0.2) is 0 Å². The summed E-state index contributed by atoms with van der Waals surface area (Å²) >= 11 is 0. The molecule has 1 unspecified atom stereocenters. The lowest BCUT2D eigenvalue weighted by atomic mass is 10.2. The van der Waals surface area contributed by atoms with Crippen molar-refractivity contribution in [3.8, 4) is 0 Å². The van der Waals surface area contributed by atoms with Gasteiger partial charge in [-0.25, -0.2) is 0 Å². The van der Waals surface area contributed by atoms with Crippen molar-refractivity contribution < 1.29 is 9.32 Å². The topological polar surface area (TPSA) is 58.4 Å². The molecule has 1 aromatic heterocycles. The Labute approximate surface area is 88.4 Å². The molecule has 0 bridgehead atoms. The predicted octanol–water partition coefficient (Wildman–Crippen LogP) is 0.417. The quantitative estimate of drug-likeness (QED) is 0.766.